The monoisotopic (exact) mass is 426 g/mol. The van der Waals surface area contributed by atoms with Crippen molar-refractivity contribution in [2.75, 3.05) is 63.3 Å². The Hall–Kier alpha value is -3.10. The third kappa shape index (κ3) is 7.27. The molecule has 2 N–H and O–H groups in total. The Morgan fingerprint density at radius 3 is 2.48 bits per heavy atom. The number of hydrogen-bond donors (Lipinski definition) is 2. The molecule has 3 rings (SSSR count). The summed E-state index contributed by atoms with van der Waals surface area (Å²) in [5.41, 5.74) is 2.76. The van der Waals surface area contributed by atoms with Crippen LogP contribution in [0.3, 0.4) is 0 Å². The summed E-state index contributed by atoms with van der Waals surface area (Å²) in [4.78, 5) is 28.7. The lowest BCUT2D eigenvalue weighted by molar-refractivity contribution is -0.130. The van der Waals surface area contributed by atoms with Gasteiger partial charge < -0.3 is 29.9 Å². The maximum atomic E-state index is 12.5. The summed E-state index contributed by atoms with van der Waals surface area (Å²) in [7, 11) is 1.63. The van der Waals surface area contributed by atoms with Gasteiger partial charge in [-0.3, -0.25) is 4.79 Å². The highest BCUT2D eigenvalue weighted by Crippen LogP contribution is 2.15. The predicted octanol–water partition coefficient (Wildman–Crippen LogP) is 2.32. The lowest BCUT2D eigenvalue weighted by Gasteiger charge is -2.36. The lowest BCUT2D eigenvalue weighted by atomic mass is 10.2. The molecule has 1 aliphatic rings. The normalized spacial score (nSPS) is 13.7. The summed E-state index contributed by atoms with van der Waals surface area (Å²) in [5, 5.41) is 5.41. The Labute approximate surface area is 183 Å². The molecule has 31 heavy (non-hydrogen) atoms. The Bertz CT molecular complexity index is 838. The molecule has 8 nitrogen and oxygen atoms in total. The van der Waals surface area contributed by atoms with Crippen LogP contribution in [0.2, 0.25) is 0 Å². The first kappa shape index (κ1) is 22.6. The highest BCUT2D eigenvalue weighted by atomic mass is 16.5. The van der Waals surface area contributed by atoms with Gasteiger partial charge in [0.25, 0.3) is 0 Å². The van der Waals surface area contributed by atoms with Gasteiger partial charge in [0.2, 0.25) is 5.91 Å². The zero-order chi connectivity index (χ0) is 21.9. The van der Waals surface area contributed by atoms with E-state index in [0.717, 1.165) is 18.7 Å². The molecule has 1 fully saturated rings. The van der Waals surface area contributed by atoms with Crippen LogP contribution >= 0.6 is 0 Å². The molecule has 3 amide bonds. The minimum atomic E-state index is -0.409. The molecular weight excluding hydrogens is 396 g/mol. The first-order valence-corrected chi connectivity index (χ1v) is 10.4. The van der Waals surface area contributed by atoms with E-state index in [0.29, 0.717) is 38.6 Å². The second-order valence-electron chi connectivity index (χ2n) is 7.26. The summed E-state index contributed by atoms with van der Waals surface area (Å²) in [5.74, 6) is -0.0804. The van der Waals surface area contributed by atoms with Gasteiger partial charge >= 0.3 is 6.03 Å². The summed E-state index contributed by atoms with van der Waals surface area (Å²) in [6, 6.07) is 17.2. The van der Waals surface area contributed by atoms with E-state index in [2.05, 4.69) is 27.7 Å². The molecule has 0 aliphatic carbocycles. The zero-order valence-corrected chi connectivity index (χ0v) is 17.9. The van der Waals surface area contributed by atoms with Crippen molar-refractivity contribution in [2.24, 2.45) is 0 Å². The predicted molar refractivity (Wildman–Crippen MR) is 120 cm³/mol. The summed E-state index contributed by atoms with van der Waals surface area (Å²) < 4.78 is 10.4. The molecule has 0 aromatic heterocycles. The van der Waals surface area contributed by atoms with E-state index in [1.54, 1.807) is 18.1 Å². The fourth-order valence-corrected chi connectivity index (χ4v) is 3.37. The smallest absolute Gasteiger partial charge is 0.319 e. The van der Waals surface area contributed by atoms with Gasteiger partial charge in [-0.25, -0.2) is 4.79 Å². The largest absolute Gasteiger partial charge is 0.382 e. The van der Waals surface area contributed by atoms with E-state index < -0.39 is 6.03 Å². The van der Waals surface area contributed by atoms with E-state index in [-0.39, 0.29) is 12.5 Å². The van der Waals surface area contributed by atoms with Crippen molar-refractivity contribution in [2.45, 2.75) is 6.61 Å². The molecule has 2 aromatic rings. The number of carbonyl (C=O) groups excluding carboxylic acids is 2. The van der Waals surface area contributed by atoms with Crippen LogP contribution in [0.25, 0.3) is 0 Å². The second-order valence-corrected chi connectivity index (χ2v) is 7.26. The molecule has 0 unspecified atom stereocenters. The number of piperazine rings is 1. The summed E-state index contributed by atoms with van der Waals surface area (Å²) in [6.45, 7) is 4.30. The van der Waals surface area contributed by atoms with Crippen LogP contribution in [-0.2, 0) is 20.9 Å². The quantitative estimate of drug-likeness (QED) is 0.602. The number of methoxy groups -OCH3 is 1. The number of amides is 3. The minimum absolute atomic E-state index is 0.0308. The zero-order valence-electron chi connectivity index (χ0n) is 17.9. The van der Waals surface area contributed by atoms with Crippen molar-refractivity contribution in [3.8, 4) is 0 Å². The summed E-state index contributed by atoms with van der Waals surface area (Å²) >= 11 is 0. The first-order chi connectivity index (χ1) is 15.2. The van der Waals surface area contributed by atoms with E-state index in [4.69, 9.17) is 9.47 Å². The van der Waals surface area contributed by atoms with Crippen molar-refractivity contribution in [1.82, 2.24) is 10.2 Å². The molecule has 0 bridgehead atoms. The summed E-state index contributed by atoms with van der Waals surface area (Å²) in [6.07, 6.45) is 0. The van der Waals surface area contributed by atoms with E-state index >= 15 is 0 Å². The first-order valence-electron chi connectivity index (χ1n) is 10.4. The number of nitrogens with one attached hydrogen (secondary N) is 2. The van der Waals surface area contributed by atoms with Crippen LogP contribution in [0.1, 0.15) is 5.56 Å². The highest BCUT2D eigenvalue weighted by molar-refractivity contribution is 5.92. The Morgan fingerprint density at radius 2 is 1.74 bits per heavy atom. The Kier molecular flexibility index (Phi) is 8.69. The van der Waals surface area contributed by atoms with E-state index in [9.17, 15) is 9.59 Å². The fraction of sp³-hybridized carbons (Fsp3) is 0.391. The third-order valence-electron chi connectivity index (χ3n) is 5.04. The van der Waals surface area contributed by atoms with Crippen LogP contribution in [0.15, 0.2) is 54.6 Å². The van der Waals surface area contributed by atoms with Gasteiger partial charge in [-0.05, 0) is 29.8 Å². The maximum absolute atomic E-state index is 12.5. The van der Waals surface area contributed by atoms with Crippen LogP contribution in [0.5, 0.6) is 0 Å². The topological polar surface area (TPSA) is 83.1 Å². The molecular formula is C23H30N4O4. The van der Waals surface area contributed by atoms with Crippen LogP contribution in [0.4, 0.5) is 16.2 Å². The third-order valence-corrected chi connectivity index (χ3v) is 5.04. The Morgan fingerprint density at radius 1 is 0.968 bits per heavy atom. The molecule has 0 spiro atoms. The van der Waals surface area contributed by atoms with Gasteiger partial charge in [-0.15, -0.1) is 0 Å². The number of ether oxygens (including phenoxy) is 2. The van der Waals surface area contributed by atoms with Crippen molar-refractivity contribution in [3.63, 3.8) is 0 Å². The van der Waals surface area contributed by atoms with Crippen molar-refractivity contribution < 1.29 is 19.1 Å². The standard InChI is InChI=1S/C23H30N4O4/c1-30-14-15-31-18-19-6-5-7-20(16-19)25-23(29)24-17-22(28)27-12-10-26(11-13-27)21-8-3-2-4-9-21/h2-9,16H,10-15,17-18H2,1H3,(H2,24,25,29). The van der Waals surface area contributed by atoms with Gasteiger partial charge in [0.05, 0.1) is 26.4 Å². The molecule has 2 aromatic carbocycles. The average Bonchev–Trinajstić information content (AvgIpc) is 2.81. The molecule has 8 heteroatoms. The molecule has 0 saturated carbocycles. The van der Waals surface area contributed by atoms with Crippen molar-refractivity contribution in [1.29, 1.82) is 0 Å². The molecule has 0 radical (unpaired) electrons. The van der Waals surface area contributed by atoms with Crippen LogP contribution in [-0.4, -0.2) is 69.9 Å². The number of carbonyl (C=O) groups is 2. The second kappa shape index (κ2) is 11.9. The Balaban J connectivity index is 1.38. The van der Waals surface area contributed by atoms with Gasteiger partial charge in [0.15, 0.2) is 0 Å². The van der Waals surface area contributed by atoms with Gasteiger partial charge in [0.1, 0.15) is 0 Å². The van der Waals surface area contributed by atoms with E-state index in [1.165, 1.54) is 5.69 Å². The van der Waals surface area contributed by atoms with Crippen molar-refractivity contribution in [3.05, 3.63) is 60.2 Å². The number of urea groups is 1. The van der Waals surface area contributed by atoms with Crippen molar-refractivity contribution >= 4 is 23.3 Å². The van der Waals surface area contributed by atoms with E-state index in [1.807, 2.05) is 36.4 Å². The molecule has 0 atom stereocenters. The number of hydrogen-bond acceptors (Lipinski definition) is 5. The fourth-order valence-electron chi connectivity index (χ4n) is 3.37. The number of benzene rings is 2. The molecule has 1 heterocycles. The van der Waals surface area contributed by atoms with Gasteiger partial charge in [0, 0.05) is 44.7 Å². The van der Waals surface area contributed by atoms with Crippen LogP contribution in [0, 0.1) is 0 Å². The number of nitrogens with zero attached hydrogens (tertiary/aromatic N) is 2. The lowest BCUT2D eigenvalue weighted by Crippen LogP contribution is -2.51. The highest BCUT2D eigenvalue weighted by Gasteiger charge is 2.21. The average molecular weight is 427 g/mol. The number of anilines is 2. The number of rotatable bonds is 9. The minimum Gasteiger partial charge on any atom is -0.382 e. The van der Waals surface area contributed by atoms with Gasteiger partial charge in [-0.2, -0.15) is 0 Å². The van der Waals surface area contributed by atoms with Crippen LogP contribution < -0.4 is 15.5 Å². The SMILES string of the molecule is COCCOCc1cccc(NC(=O)NCC(=O)N2CCN(c3ccccc3)CC2)c1. The maximum Gasteiger partial charge on any atom is 0.319 e. The molecule has 1 aliphatic heterocycles. The number of para-hydroxylation sites is 1. The van der Waals surface area contributed by atoms with Gasteiger partial charge in [-0.1, -0.05) is 30.3 Å². The molecule has 1 saturated heterocycles. The molecule has 166 valence electrons.